The van der Waals surface area contributed by atoms with Gasteiger partial charge in [0.1, 0.15) is 17.6 Å². The van der Waals surface area contributed by atoms with Crippen LogP contribution in [0.1, 0.15) is 28.7 Å². The first-order chi connectivity index (χ1) is 11.4. The molecule has 0 unspecified atom stereocenters. The van der Waals surface area contributed by atoms with Gasteiger partial charge in [-0.15, -0.1) is 0 Å². The Morgan fingerprint density at radius 2 is 1.43 bits per heavy atom. The molecule has 0 saturated heterocycles. The lowest BCUT2D eigenvalue weighted by Gasteiger charge is -2.20. The van der Waals surface area contributed by atoms with E-state index in [1.54, 1.807) is 7.11 Å². The monoisotopic (exact) mass is 302 g/mol. The van der Waals surface area contributed by atoms with Crippen LogP contribution in [0.15, 0.2) is 78.9 Å². The second-order valence-corrected chi connectivity index (χ2v) is 5.74. The SMILES string of the molecule is COc1ccc2c(c1)[C@@H](c1ccccc1)[C@H](c1ccccc1)O2. The summed E-state index contributed by atoms with van der Waals surface area (Å²) in [6.45, 7) is 0. The van der Waals surface area contributed by atoms with E-state index in [0.29, 0.717) is 0 Å². The minimum Gasteiger partial charge on any atom is -0.497 e. The molecule has 2 heteroatoms. The Hall–Kier alpha value is -2.74. The Morgan fingerprint density at radius 1 is 0.783 bits per heavy atom. The summed E-state index contributed by atoms with van der Waals surface area (Å²) in [6.07, 6.45) is -0.0132. The lowest BCUT2D eigenvalue weighted by molar-refractivity contribution is 0.222. The first-order valence-electron chi connectivity index (χ1n) is 7.81. The van der Waals surface area contributed by atoms with Gasteiger partial charge in [-0.3, -0.25) is 0 Å². The summed E-state index contributed by atoms with van der Waals surface area (Å²) in [5, 5.41) is 0. The molecule has 114 valence electrons. The van der Waals surface area contributed by atoms with Gasteiger partial charge in [-0.2, -0.15) is 0 Å². The van der Waals surface area contributed by atoms with Gasteiger partial charge in [-0.05, 0) is 29.3 Å². The van der Waals surface area contributed by atoms with Crippen LogP contribution < -0.4 is 9.47 Å². The Bertz CT molecular complexity index is 797. The molecule has 1 heterocycles. The summed E-state index contributed by atoms with van der Waals surface area (Å²) in [5.74, 6) is 1.97. The van der Waals surface area contributed by atoms with Gasteiger partial charge in [0.15, 0.2) is 0 Å². The van der Waals surface area contributed by atoms with E-state index in [2.05, 4.69) is 54.6 Å². The minimum absolute atomic E-state index is 0.0132. The number of benzene rings is 3. The number of hydrogen-bond acceptors (Lipinski definition) is 2. The van der Waals surface area contributed by atoms with Crippen molar-refractivity contribution in [3.05, 3.63) is 95.6 Å². The quantitative estimate of drug-likeness (QED) is 0.680. The Balaban J connectivity index is 1.85. The molecule has 23 heavy (non-hydrogen) atoms. The zero-order valence-electron chi connectivity index (χ0n) is 13.0. The zero-order chi connectivity index (χ0) is 15.6. The average molecular weight is 302 g/mol. The van der Waals surface area contributed by atoms with Crippen molar-refractivity contribution in [2.75, 3.05) is 7.11 Å². The van der Waals surface area contributed by atoms with Crippen LogP contribution in [0, 0.1) is 0 Å². The molecule has 0 bridgehead atoms. The number of fused-ring (bicyclic) bond motifs is 1. The standard InChI is InChI=1S/C21H18O2/c1-22-17-12-13-19-18(14-17)20(15-8-4-2-5-9-15)21(23-19)16-10-6-3-7-11-16/h2-14,20-21H,1H3/t20-,21+/m1/s1. The zero-order valence-corrected chi connectivity index (χ0v) is 13.0. The van der Waals surface area contributed by atoms with E-state index in [9.17, 15) is 0 Å². The van der Waals surface area contributed by atoms with Crippen LogP contribution in [0.5, 0.6) is 11.5 Å². The van der Waals surface area contributed by atoms with Gasteiger partial charge in [0.2, 0.25) is 0 Å². The van der Waals surface area contributed by atoms with Crippen LogP contribution in [0.2, 0.25) is 0 Å². The lowest BCUT2D eigenvalue weighted by atomic mass is 9.85. The summed E-state index contributed by atoms with van der Waals surface area (Å²) in [4.78, 5) is 0. The van der Waals surface area contributed by atoms with Gasteiger partial charge < -0.3 is 9.47 Å². The summed E-state index contributed by atoms with van der Waals surface area (Å²) >= 11 is 0. The maximum Gasteiger partial charge on any atom is 0.135 e. The number of methoxy groups -OCH3 is 1. The molecule has 4 rings (SSSR count). The third-order valence-corrected chi connectivity index (χ3v) is 4.40. The van der Waals surface area contributed by atoms with E-state index in [4.69, 9.17) is 9.47 Å². The highest BCUT2D eigenvalue weighted by atomic mass is 16.5. The molecule has 0 saturated carbocycles. The van der Waals surface area contributed by atoms with Gasteiger partial charge in [-0.25, -0.2) is 0 Å². The van der Waals surface area contributed by atoms with Crippen LogP contribution in [0.4, 0.5) is 0 Å². The summed E-state index contributed by atoms with van der Waals surface area (Å²) in [6, 6.07) is 27.0. The lowest BCUT2D eigenvalue weighted by Crippen LogP contribution is -2.11. The molecule has 3 aromatic rings. The normalized spacial score (nSPS) is 19.0. The second-order valence-electron chi connectivity index (χ2n) is 5.74. The molecule has 3 aromatic carbocycles. The molecule has 0 amide bonds. The predicted molar refractivity (Wildman–Crippen MR) is 91.1 cm³/mol. The van der Waals surface area contributed by atoms with Crippen molar-refractivity contribution in [1.82, 2.24) is 0 Å². The molecule has 0 aromatic heterocycles. The summed E-state index contributed by atoms with van der Waals surface area (Å²) in [7, 11) is 1.70. The molecule has 0 aliphatic carbocycles. The molecular formula is C21H18O2. The molecule has 0 spiro atoms. The Kier molecular flexibility index (Phi) is 3.51. The highest BCUT2D eigenvalue weighted by Gasteiger charge is 2.36. The van der Waals surface area contributed by atoms with Crippen molar-refractivity contribution in [2.45, 2.75) is 12.0 Å². The average Bonchev–Trinajstić information content (AvgIpc) is 3.01. The van der Waals surface area contributed by atoms with Crippen molar-refractivity contribution in [3.63, 3.8) is 0 Å². The second kappa shape index (κ2) is 5.81. The summed E-state index contributed by atoms with van der Waals surface area (Å²) in [5.41, 5.74) is 3.63. The molecule has 2 nitrogen and oxygen atoms in total. The topological polar surface area (TPSA) is 18.5 Å². The van der Waals surface area contributed by atoms with Crippen LogP contribution in [0.3, 0.4) is 0 Å². The van der Waals surface area contributed by atoms with Crippen molar-refractivity contribution in [1.29, 1.82) is 0 Å². The van der Waals surface area contributed by atoms with Gasteiger partial charge in [0.05, 0.1) is 13.0 Å². The van der Waals surface area contributed by atoms with E-state index >= 15 is 0 Å². The highest BCUT2D eigenvalue weighted by Crippen LogP contribution is 2.50. The van der Waals surface area contributed by atoms with Crippen molar-refractivity contribution >= 4 is 0 Å². The first kappa shape index (κ1) is 13.9. The summed E-state index contributed by atoms with van der Waals surface area (Å²) < 4.78 is 11.7. The van der Waals surface area contributed by atoms with Crippen molar-refractivity contribution < 1.29 is 9.47 Å². The van der Waals surface area contributed by atoms with Crippen molar-refractivity contribution in [2.24, 2.45) is 0 Å². The largest absolute Gasteiger partial charge is 0.497 e. The van der Waals surface area contributed by atoms with Gasteiger partial charge in [0, 0.05) is 5.56 Å². The fourth-order valence-electron chi connectivity index (χ4n) is 3.29. The fraction of sp³-hybridized carbons (Fsp3) is 0.143. The molecule has 1 aliphatic heterocycles. The van der Waals surface area contributed by atoms with E-state index in [-0.39, 0.29) is 12.0 Å². The van der Waals surface area contributed by atoms with Gasteiger partial charge >= 0.3 is 0 Å². The van der Waals surface area contributed by atoms with Crippen LogP contribution in [-0.4, -0.2) is 7.11 Å². The minimum atomic E-state index is -0.0132. The third kappa shape index (κ3) is 2.46. The van der Waals surface area contributed by atoms with Crippen molar-refractivity contribution in [3.8, 4) is 11.5 Å². The van der Waals surface area contributed by atoms with Crippen LogP contribution >= 0.6 is 0 Å². The van der Waals surface area contributed by atoms with E-state index < -0.39 is 0 Å². The van der Waals surface area contributed by atoms with E-state index in [1.807, 2.05) is 24.3 Å². The number of hydrogen-bond donors (Lipinski definition) is 0. The fourth-order valence-corrected chi connectivity index (χ4v) is 3.29. The Morgan fingerprint density at radius 3 is 2.09 bits per heavy atom. The van der Waals surface area contributed by atoms with Crippen LogP contribution in [-0.2, 0) is 0 Å². The molecule has 0 N–H and O–H groups in total. The third-order valence-electron chi connectivity index (χ3n) is 4.40. The van der Waals surface area contributed by atoms with E-state index in [1.165, 1.54) is 16.7 Å². The van der Waals surface area contributed by atoms with Gasteiger partial charge in [0.25, 0.3) is 0 Å². The highest BCUT2D eigenvalue weighted by molar-refractivity contribution is 5.52. The number of rotatable bonds is 3. The van der Waals surface area contributed by atoms with Crippen LogP contribution in [0.25, 0.3) is 0 Å². The smallest absolute Gasteiger partial charge is 0.135 e. The molecule has 0 fully saturated rings. The molecule has 2 atom stereocenters. The van der Waals surface area contributed by atoms with E-state index in [0.717, 1.165) is 11.5 Å². The first-order valence-corrected chi connectivity index (χ1v) is 7.81. The van der Waals surface area contributed by atoms with Gasteiger partial charge in [-0.1, -0.05) is 60.7 Å². The molecule has 0 radical (unpaired) electrons. The maximum atomic E-state index is 6.30. The maximum absolute atomic E-state index is 6.30. The number of ether oxygens (including phenoxy) is 2. The molecular weight excluding hydrogens is 284 g/mol. The molecule has 1 aliphatic rings. The Labute approximate surface area is 136 Å². The predicted octanol–water partition coefficient (Wildman–Crippen LogP) is 4.96.